The van der Waals surface area contributed by atoms with Gasteiger partial charge in [0.1, 0.15) is 6.04 Å². The average molecular weight is 786 g/mol. The number of H-pyrrole nitrogens is 1. The van der Waals surface area contributed by atoms with Crippen molar-refractivity contribution in [3.8, 4) is 0 Å². The lowest BCUT2D eigenvalue weighted by Gasteiger charge is -2.37. The number of carbonyl (C=O) groups excluding carboxylic acids is 6. The number of fused-ring (bicyclic) bond motifs is 2. The van der Waals surface area contributed by atoms with E-state index in [4.69, 9.17) is 0 Å². The molecule has 3 saturated heterocycles. The lowest BCUT2D eigenvalue weighted by molar-refractivity contribution is -0.137. The number of rotatable bonds is 10. The lowest BCUT2D eigenvalue weighted by Crippen LogP contribution is -2.52. The summed E-state index contributed by atoms with van der Waals surface area (Å²) in [6, 6.07) is 19.2. The molecule has 4 aromatic rings. The molecular formula is C43H47N9O6. The minimum Gasteiger partial charge on any atom is -0.369 e. The standard InChI is InChI=1S/C43H47N9O6/c53-38(45-31-1-3-32(4-2-31)46-43(58)47-33-5-8-36-29(25-33)13-17-44-36)11-12-40(55)51-19-15-28(16-20-51)14-18-49-21-23-50(24-22-49)34-6-7-35-30(26-34)27-52(42(35)57)37-9-10-39(54)48-41(37)56/h1-8,11-13,17,25-26,28,37,44H,9-10,14-16,18-24,27H2,(H,45,53)(H2,46,47,58)(H,48,54,56)/b12-11+. The van der Waals surface area contributed by atoms with Gasteiger partial charge in [-0.2, -0.15) is 0 Å². The Morgan fingerprint density at radius 3 is 2.24 bits per heavy atom. The number of anilines is 4. The molecule has 0 radical (unpaired) electrons. The summed E-state index contributed by atoms with van der Waals surface area (Å²) in [6.07, 6.45) is 7.94. The number of nitrogens with one attached hydrogen (secondary N) is 5. The van der Waals surface area contributed by atoms with Gasteiger partial charge >= 0.3 is 6.03 Å². The van der Waals surface area contributed by atoms with Crippen molar-refractivity contribution in [3.05, 3.63) is 96.2 Å². The summed E-state index contributed by atoms with van der Waals surface area (Å²) in [5, 5.41) is 11.7. The quantitative estimate of drug-likeness (QED) is 0.115. The zero-order valence-corrected chi connectivity index (χ0v) is 32.2. The number of amides is 7. The molecule has 58 heavy (non-hydrogen) atoms. The van der Waals surface area contributed by atoms with E-state index >= 15 is 0 Å². The molecule has 0 bridgehead atoms. The number of imide groups is 1. The molecule has 7 amide bonds. The van der Waals surface area contributed by atoms with Crippen molar-refractivity contribution in [3.63, 3.8) is 0 Å². The SMILES string of the molecule is O=C(/C=C/C(=O)N1CCC(CCN2CCN(c3ccc4c(c3)CN(C3CCC(=O)NC3=O)C4=O)CC2)CC1)Nc1ccc(NC(=O)Nc2ccc3[nH]ccc3c2)cc1. The Morgan fingerprint density at radius 1 is 0.759 bits per heavy atom. The number of nitrogens with zero attached hydrogens (tertiary/aromatic N) is 4. The van der Waals surface area contributed by atoms with Crippen LogP contribution >= 0.6 is 0 Å². The fourth-order valence-corrected chi connectivity index (χ4v) is 8.29. The predicted octanol–water partition coefficient (Wildman–Crippen LogP) is 4.52. The smallest absolute Gasteiger partial charge is 0.323 e. The summed E-state index contributed by atoms with van der Waals surface area (Å²) in [7, 11) is 0. The maximum Gasteiger partial charge on any atom is 0.323 e. The van der Waals surface area contributed by atoms with Crippen LogP contribution in [0.15, 0.2) is 85.1 Å². The van der Waals surface area contributed by atoms with Crippen molar-refractivity contribution in [2.24, 2.45) is 5.92 Å². The fourth-order valence-electron chi connectivity index (χ4n) is 8.29. The number of urea groups is 1. The zero-order valence-electron chi connectivity index (χ0n) is 32.2. The van der Waals surface area contributed by atoms with Crippen LogP contribution in [0.25, 0.3) is 10.9 Å². The minimum absolute atomic E-state index is 0.157. The van der Waals surface area contributed by atoms with Gasteiger partial charge in [0.05, 0.1) is 0 Å². The molecule has 0 aliphatic carbocycles. The van der Waals surface area contributed by atoms with Crippen molar-refractivity contribution in [2.75, 3.05) is 66.7 Å². The summed E-state index contributed by atoms with van der Waals surface area (Å²) < 4.78 is 0. The van der Waals surface area contributed by atoms with Gasteiger partial charge in [0.15, 0.2) is 0 Å². The first-order valence-corrected chi connectivity index (χ1v) is 19.9. The third-order valence-electron chi connectivity index (χ3n) is 11.6. The number of benzene rings is 3. The number of aromatic nitrogens is 1. The highest BCUT2D eigenvalue weighted by Crippen LogP contribution is 2.31. The maximum atomic E-state index is 13.1. The fraction of sp³-hybridized carbons (Fsp3) is 0.349. The number of carbonyl (C=O) groups is 6. The van der Waals surface area contributed by atoms with Gasteiger partial charge in [-0.3, -0.25) is 34.2 Å². The highest BCUT2D eigenvalue weighted by Gasteiger charge is 2.39. The predicted molar refractivity (Wildman–Crippen MR) is 220 cm³/mol. The molecule has 15 heteroatoms. The Bertz CT molecular complexity index is 2250. The maximum absolute atomic E-state index is 13.1. The molecule has 0 spiro atoms. The van der Waals surface area contributed by atoms with Gasteiger partial charge in [0, 0.05) is 110 Å². The van der Waals surface area contributed by atoms with Gasteiger partial charge < -0.3 is 35.6 Å². The van der Waals surface area contributed by atoms with Crippen LogP contribution in [0.1, 0.15) is 48.0 Å². The van der Waals surface area contributed by atoms with Crippen molar-refractivity contribution in [1.82, 2.24) is 25.0 Å². The van der Waals surface area contributed by atoms with E-state index in [0.717, 1.165) is 74.1 Å². The van der Waals surface area contributed by atoms with Gasteiger partial charge in [-0.1, -0.05) is 0 Å². The molecule has 8 rings (SSSR count). The zero-order chi connectivity index (χ0) is 40.2. The molecule has 4 aliphatic rings. The second-order valence-corrected chi connectivity index (χ2v) is 15.4. The third-order valence-corrected chi connectivity index (χ3v) is 11.6. The summed E-state index contributed by atoms with van der Waals surface area (Å²) >= 11 is 0. The first-order chi connectivity index (χ1) is 28.1. The van der Waals surface area contributed by atoms with E-state index in [9.17, 15) is 28.8 Å². The Hall–Kier alpha value is -6.48. The topological polar surface area (TPSA) is 179 Å². The highest BCUT2D eigenvalue weighted by atomic mass is 16.2. The Morgan fingerprint density at radius 2 is 1.48 bits per heavy atom. The van der Waals surface area contributed by atoms with Crippen LogP contribution in [0.4, 0.5) is 27.5 Å². The summed E-state index contributed by atoms with van der Waals surface area (Å²) in [4.78, 5) is 86.4. The van der Waals surface area contributed by atoms with Crippen LogP contribution in [-0.2, 0) is 25.7 Å². The van der Waals surface area contributed by atoms with Crippen LogP contribution in [0, 0.1) is 5.92 Å². The van der Waals surface area contributed by atoms with Gasteiger partial charge in [-0.05, 0) is 110 Å². The Balaban J connectivity index is 0.715. The monoisotopic (exact) mass is 785 g/mol. The highest BCUT2D eigenvalue weighted by molar-refractivity contribution is 6.06. The molecule has 1 unspecified atom stereocenters. The van der Waals surface area contributed by atoms with Crippen molar-refractivity contribution in [2.45, 2.75) is 44.7 Å². The first kappa shape index (κ1) is 38.4. The van der Waals surface area contributed by atoms with Gasteiger partial charge in [-0.15, -0.1) is 0 Å². The van der Waals surface area contributed by atoms with Crippen molar-refractivity contribution < 1.29 is 28.8 Å². The van der Waals surface area contributed by atoms with Crippen LogP contribution in [-0.4, -0.2) is 107 Å². The molecule has 0 saturated carbocycles. The van der Waals surface area contributed by atoms with Gasteiger partial charge in [-0.25, -0.2) is 4.79 Å². The van der Waals surface area contributed by atoms with E-state index in [1.165, 1.54) is 12.2 Å². The van der Waals surface area contributed by atoms with Crippen LogP contribution in [0.5, 0.6) is 0 Å². The minimum atomic E-state index is -0.615. The van der Waals surface area contributed by atoms with Crippen LogP contribution in [0.3, 0.4) is 0 Å². The number of piperazine rings is 1. The number of piperidine rings is 2. The largest absolute Gasteiger partial charge is 0.369 e. The Labute approximate surface area is 335 Å². The molecule has 5 heterocycles. The molecular weight excluding hydrogens is 739 g/mol. The number of hydrogen-bond donors (Lipinski definition) is 5. The summed E-state index contributed by atoms with van der Waals surface area (Å²) in [5.74, 6) is -0.899. The summed E-state index contributed by atoms with van der Waals surface area (Å²) in [5.41, 5.74) is 5.37. The number of likely N-dealkylation sites (tertiary alicyclic amines) is 1. The normalized spacial score (nSPS) is 19.1. The van der Waals surface area contributed by atoms with Crippen molar-refractivity contribution >= 4 is 69.2 Å². The van der Waals surface area contributed by atoms with Gasteiger partial charge in [0.25, 0.3) is 5.91 Å². The van der Waals surface area contributed by atoms with Crippen LogP contribution < -0.4 is 26.2 Å². The van der Waals surface area contributed by atoms with Crippen LogP contribution in [0.2, 0.25) is 0 Å². The number of aromatic amines is 1. The van der Waals surface area contributed by atoms with E-state index in [1.54, 1.807) is 34.1 Å². The second kappa shape index (κ2) is 16.9. The van der Waals surface area contributed by atoms with E-state index in [-0.39, 0.29) is 30.2 Å². The molecule has 1 atom stereocenters. The molecule has 3 aromatic carbocycles. The first-order valence-electron chi connectivity index (χ1n) is 19.9. The molecule has 15 nitrogen and oxygen atoms in total. The molecule has 1 aromatic heterocycles. The average Bonchev–Trinajstić information content (AvgIpc) is 3.83. The second-order valence-electron chi connectivity index (χ2n) is 15.4. The van der Waals surface area contributed by atoms with E-state index in [0.29, 0.717) is 54.6 Å². The number of hydrogen-bond acceptors (Lipinski definition) is 8. The Kier molecular flexibility index (Phi) is 11.2. The van der Waals surface area contributed by atoms with Gasteiger partial charge in [0.2, 0.25) is 23.6 Å². The molecule has 4 aliphatic heterocycles. The van der Waals surface area contributed by atoms with E-state index in [2.05, 4.69) is 42.1 Å². The van der Waals surface area contributed by atoms with E-state index < -0.39 is 17.9 Å². The van der Waals surface area contributed by atoms with E-state index in [1.807, 2.05) is 42.6 Å². The molecule has 300 valence electrons. The molecule has 5 N–H and O–H groups in total. The summed E-state index contributed by atoms with van der Waals surface area (Å²) in [6.45, 7) is 6.33. The van der Waals surface area contributed by atoms with Crippen molar-refractivity contribution in [1.29, 1.82) is 0 Å². The lowest BCUT2D eigenvalue weighted by atomic mass is 9.93. The molecule has 3 fully saturated rings. The third kappa shape index (κ3) is 8.89.